The van der Waals surface area contributed by atoms with E-state index in [1.54, 1.807) is 19.1 Å². The lowest BCUT2D eigenvalue weighted by Crippen LogP contribution is -2.38. The molecular weight excluding hydrogens is 252 g/mol. The maximum absolute atomic E-state index is 10.9. The number of carbonyl (C=O) groups excluding carboxylic acids is 1. The van der Waals surface area contributed by atoms with Gasteiger partial charge in [0.25, 0.3) is 0 Å². The van der Waals surface area contributed by atoms with E-state index in [1.165, 1.54) is 0 Å². The first-order chi connectivity index (χ1) is 9.60. The van der Waals surface area contributed by atoms with Gasteiger partial charge in [-0.05, 0) is 37.0 Å². The molecule has 3 N–H and O–H groups in total. The van der Waals surface area contributed by atoms with Gasteiger partial charge in [-0.3, -0.25) is 4.79 Å². The molecular formula is C15H20N4O. The molecule has 1 saturated heterocycles. The van der Waals surface area contributed by atoms with Crippen LogP contribution in [-0.4, -0.2) is 25.5 Å². The topological polar surface area (TPSA) is 82.2 Å². The molecule has 1 aromatic carbocycles. The standard InChI is InChI=1S/C15H20N4O/c1-11(20)18-10-12-4-6-19(7-5-12)15-3-2-13(9-16)8-14(15)17/h2-3,8,12H,4-7,10,17H2,1H3,(H,18,20). The van der Waals surface area contributed by atoms with Crippen LogP contribution in [0.25, 0.3) is 0 Å². The van der Waals surface area contributed by atoms with E-state index in [4.69, 9.17) is 11.0 Å². The molecule has 5 nitrogen and oxygen atoms in total. The molecule has 0 aromatic heterocycles. The minimum atomic E-state index is 0.0313. The number of amides is 1. The summed E-state index contributed by atoms with van der Waals surface area (Å²) in [4.78, 5) is 13.2. The van der Waals surface area contributed by atoms with Gasteiger partial charge in [0.1, 0.15) is 0 Å². The maximum Gasteiger partial charge on any atom is 0.216 e. The molecule has 20 heavy (non-hydrogen) atoms. The summed E-state index contributed by atoms with van der Waals surface area (Å²) < 4.78 is 0. The number of rotatable bonds is 3. The van der Waals surface area contributed by atoms with Crippen LogP contribution in [0.1, 0.15) is 25.3 Å². The highest BCUT2D eigenvalue weighted by Gasteiger charge is 2.20. The molecule has 1 fully saturated rings. The van der Waals surface area contributed by atoms with Crippen molar-refractivity contribution >= 4 is 17.3 Å². The Labute approximate surface area is 119 Å². The van der Waals surface area contributed by atoms with E-state index in [1.807, 2.05) is 6.07 Å². The number of benzene rings is 1. The number of piperidine rings is 1. The van der Waals surface area contributed by atoms with Gasteiger partial charge in [-0.15, -0.1) is 0 Å². The Morgan fingerprint density at radius 1 is 1.50 bits per heavy atom. The van der Waals surface area contributed by atoms with Crippen LogP contribution in [0.3, 0.4) is 0 Å². The number of hydrogen-bond donors (Lipinski definition) is 2. The zero-order valence-electron chi connectivity index (χ0n) is 11.7. The van der Waals surface area contributed by atoms with E-state index in [9.17, 15) is 4.79 Å². The van der Waals surface area contributed by atoms with Crippen molar-refractivity contribution in [2.45, 2.75) is 19.8 Å². The third-order valence-electron chi connectivity index (χ3n) is 3.75. The number of nitrogen functional groups attached to an aromatic ring is 1. The summed E-state index contributed by atoms with van der Waals surface area (Å²) in [6.45, 7) is 4.17. The van der Waals surface area contributed by atoms with Crippen LogP contribution in [0.2, 0.25) is 0 Å². The minimum Gasteiger partial charge on any atom is -0.397 e. The molecule has 106 valence electrons. The second kappa shape index (κ2) is 6.29. The van der Waals surface area contributed by atoms with Gasteiger partial charge in [0.05, 0.1) is 23.0 Å². The Bertz CT molecular complexity index is 527. The first-order valence-electron chi connectivity index (χ1n) is 6.89. The van der Waals surface area contributed by atoms with E-state index in [0.29, 0.717) is 17.2 Å². The third-order valence-corrected chi connectivity index (χ3v) is 3.75. The zero-order valence-corrected chi connectivity index (χ0v) is 11.7. The SMILES string of the molecule is CC(=O)NCC1CCN(c2ccc(C#N)cc2N)CC1. The van der Waals surface area contributed by atoms with E-state index >= 15 is 0 Å². The lowest BCUT2D eigenvalue weighted by Gasteiger charge is -2.34. The molecule has 2 rings (SSSR count). The van der Waals surface area contributed by atoms with E-state index in [2.05, 4.69) is 16.3 Å². The number of nitriles is 1. The van der Waals surface area contributed by atoms with Gasteiger partial charge in [-0.1, -0.05) is 0 Å². The fourth-order valence-electron chi connectivity index (χ4n) is 2.58. The molecule has 1 aromatic rings. The molecule has 0 atom stereocenters. The van der Waals surface area contributed by atoms with Crippen molar-refractivity contribution in [3.63, 3.8) is 0 Å². The molecule has 1 aliphatic heterocycles. The van der Waals surface area contributed by atoms with Gasteiger partial charge in [0, 0.05) is 26.6 Å². The molecule has 0 radical (unpaired) electrons. The zero-order chi connectivity index (χ0) is 14.5. The number of nitrogens with zero attached hydrogens (tertiary/aromatic N) is 2. The highest BCUT2D eigenvalue weighted by molar-refractivity contribution is 5.72. The van der Waals surface area contributed by atoms with Crippen molar-refractivity contribution in [3.8, 4) is 6.07 Å². The Morgan fingerprint density at radius 3 is 2.75 bits per heavy atom. The van der Waals surface area contributed by atoms with Gasteiger partial charge in [0.2, 0.25) is 5.91 Å². The van der Waals surface area contributed by atoms with E-state index in [0.717, 1.165) is 38.2 Å². The Balaban J connectivity index is 1.94. The van der Waals surface area contributed by atoms with Gasteiger partial charge >= 0.3 is 0 Å². The summed E-state index contributed by atoms with van der Waals surface area (Å²) in [5.41, 5.74) is 8.26. The molecule has 0 aliphatic carbocycles. The summed E-state index contributed by atoms with van der Waals surface area (Å²) in [6.07, 6.45) is 2.08. The van der Waals surface area contributed by atoms with Gasteiger partial charge in [0.15, 0.2) is 0 Å². The lowest BCUT2D eigenvalue weighted by molar-refractivity contribution is -0.119. The molecule has 0 spiro atoms. The summed E-state index contributed by atoms with van der Waals surface area (Å²) in [6, 6.07) is 7.53. The van der Waals surface area contributed by atoms with Crippen LogP contribution < -0.4 is 16.0 Å². The Hall–Kier alpha value is -2.22. The van der Waals surface area contributed by atoms with E-state index in [-0.39, 0.29) is 5.91 Å². The second-order valence-electron chi connectivity index (χ2n) is 5.25. The maximum atomic E-state index is 10.9. The van der Waals surface area contributed by atoms with E-state index < -0.39 is 0 Å². The predicted molar refractivity (Wildman–Crippen MR) is 79.2 cm³/mol. The number of nitrogens with one attached hydrogen (secondary N) is 1. The van der Waals surface area contributed by atoms with Crippen LogP contribution in [0, 0.1) is 17.2 Å². The predicted octanol–water partition coefficient (Wildman–Crippen LogP) is 1.49. The lowest BCUT2D eigenvalue weighted by atomic mass is 9.96. The molecule has 0 bridgehead atoms. The van der Waals surface area contributed by atoms with Crippen molar-refractivity contribution in [1.82, 2.24) is 5.32 Å². The number of carbonyl (C=O) groups is 1. The fourth-order valence-corrected chi connectivity index (χ4v) is 2.58. The molecule has 1 heterocycles. The van der Waals surface area contributed by atoms with Crippen molar-refractivity contribution in [1.29, 1.82) is 5.26 Å². The molecule has 0 saturated carbocycles. The van der Waals surface area contributed by atoms with Gasteiger partial charge < -0.3 is 16.0 Å². The van der Waals surface area contributed by atoms with Crippen LogP contribution in [-0.2, 0) is 4.79 Å². The number of nitrogens with two attached hydrogens (primary N) is 1. The van der Waals surface area contributed by atoms with Crippen molar-refractivity contribution in [2.75, 3.05) is 30.3 Å². The number of hydrogen-bond acceptors (Lipinski definition) is 4. The first kappa shape index (κ1) is 14.2. The Morgan fingerprint density at radius 2 is 2.20 bits per heavy atom. The van der Waals surface area contributed by atoms with Gasteiger partial charge in [-0.25, -0.2) is 0 Å². The van der Waals surface area contributed by atoms with Crippen LogP contribution in [0.4, 0.5) is 11.4 Å². The Kier molecular flexibility index (Phi) is 4.46. The van der Waals surface area contributed by atoms with Crippen LogP contribution >= 0.6 is 0 Å². The smallest absolute Gasteiger partial charge is 0.216 e. The summed E-state index contributed by atoms with van der Waals surface area (Å²) in [7, 11) is 0. The molecule has 1 amide bonds. The normalized spacial score (nSPS) is 15.7. The monoisotopic (exact) mass is 272 g/mol. The number of anilines is 2. The molecule has 1 aliphatic rings. The minimum absolute atomic E-state index is 0.0313. The first-order valence-corrected chi connectivity index (χ1v) is 6.89. The summed E-state index contributed by atoms with van der Waals surface area (Å²) in [5, 5.41) is 11.7. The highest BCUT2D eigenvalue weighted by Crippen LogP contribution is 2.28. The largest absolute Gasteiger partial charge is 0.397 e. The van der Waals surface area contributed by atoms with Crippen molar-refractivity contribution < 1.29 is 4.79 Å². The average molecular weight is 272 g/mol. The molecule has 0 unspecified atom stereocenters. The fraction of sp³-hybridized carbons (Fsp3) is 0.467. The van der Waals surface area contributed by atoms with Gasteiger partial charge in [-0.2, -0.15) is 5.26 Å². The highest BCUT2D eigenvalue weighted by atomic mass is 16.1. The summed E-state index contributed by atoms with van der Waals surface area (Å²) in [5.74, 6) is 0.568. The summed E-state index contributed by atoms with van der Waals surface area (Å²) >= 11 is 0. The average Bonchev–Trinajstić information content (AvgIpc) is 2.45. The van der Waals surface area contributed by atoms with Crippen molar-refractivity contribution in [3.05, 3.63) is 23.8 Å². The quantitative estimate of drug-likeness (QED) is 0.817. The van der Waals surface area contributed by atoms with Crippen molar-refractivity contribution in [2.24, 2.45) is 5.92 Å². The third kappa shape index (κ3) is 3.41. The van der Waals surface area contributed by atoms with Crippen LogP contribution in [0.5, 0.6) is 0 Å². The second-order valence-corrected chi connectivity index (χ2v) is 5.25. The molecule has 5 heteroatoms. The van der Waals surface area contributed by atoms with Crippen LogP contribution in [0.15, 0.2) is 18.2 Å².